The highest BCUT2D eigenvalue weighted by Crippen LogP contribution is 2.25. The van der Waals surface area contributed by atoms with Gasteiger partial charge in [0.25, 0.3) is 0 Å². The van der Waals surface area contributed by atoms with Crippen LogP contribution in [0, 0.1) is 0 Å². The van der Waals surface area contributed by atoms with Gasteiger partial charge in [-0.1, -0.05) is 10.3 Å². The van der Waals surface area contributed by atoms with Crippen molar-refractivity contribution in [1.82, 2.24) is 15.0 Å². The molecular weight excluding hydrogens is 235 g/mol. The van der Waals surface area contributed by atoms with E-state index in [0.717, 1.165) is 12.8 Å². The van der Waals surface area contributed by atoms with Crippen molar-refractivity contribution in [3.05, 3.63) is 16.3 Å². The van der Waals surface area contributed by atoms with Crippen LogP contribution in [0.15, 0.2) is 9.64 Å². The molecule has 1 aliphatic heterocycles. The average molecular weight is 248 g/mol. The number of nitrogens with zero attached hydrogens (tertiary/aromatic N) is 6. The lowest BCUT2D eigenvalue weighted by atomic mass is 9.96. The molecule has 1 aliphatic rings. The summed E-state index contributed by atoms with van der Waals surface area (Å²) in [7, 11) is 1.78. The Morgan fingerprint density at radius 2 is 2.33 bits per heavy atom. The summed E-state index contributed by atoms with van der Waals surface area (Å²) in [5.74, 6) is 0.734. The third kappa shape index (κ3) is 2.81. The van der Waals surface area contributed by atoms with Crippen LogP contribution in [0.4, 0.5) is 0 Å². The molecule has 0 bridgehead atoms. The van der Waals surface area contributed by atoms with E-state index in [9.17, 15) is 4.79 Å². The van der Waals surface area contributed by atoms with Gasteiger partial charge in [-0.05, 0) is 18.4 Å². The van der Waals surface area contributed by atoms with Crippen LogP contribution >= 0.6 is 0 Å². The first-order valence-electron chi connectivity index (χ1n) is 5.79. The number of aromatic nitrogens is 2. The molecule has 18 heavy (non-hydrogen) atoms. The molecule has 94 valence electrons. The van der Waals surface area contributed by atoms with E-state index in [1.807, 2.05) is 0 Å². The zero-order chi connectivity index (χ0) is 13.0. The molecule has 0 unspecified atom stereocenters. The molecule has 1 aromatic rings. The highest BCUT2D eigenvalue weighted by atomic mass is 16.5. The molecule has 0 aliphatic carbocycles. The first-order chi connectivity index (χ1) is 8.70. The second-order valence-corrected chi connectivity index (χ2v) is 4.22. The van der Waals surface area contributed by atoms with Gasteiger partial charge in [0.15, 0.2) is 7.85 Å². The van der Waals surface area contributed by atoms with Crippen molar-refractivity contribution in [2.75, 3.05) is 19.6 Å². The lowest BCUT2D eigenvalue weighted by molar-refractivity contribution is -0.130. The number of rotatable bonds is 3. The van der Waals surface area contributed by atoms with Crippen molar-refractivity contribution in [1.29, 1.82) is 0 Å². The Hall–Kier alpha value is -2.02. The molecule has 1 fully saturated rings. The number of hydrogen-bond donors (Lipinski definition) is 0. The molecule has 2 heterocycles. The Kier molecular flexibility index (Phi) is 3.83. The second-order valence-electron chi connectivity index (χ2n) is 4.22. The molecule has 9 heteroatoms. The highest BCUT2D eigenvalue weighted by molar-refractivity contribution is 6.28. The Morgan fingerprint density at radius 3 is 2.89 bits per heavy atom. The normalized spacial score (nSPS) is 16.3. The van der Waals surface area contributed by atoms with Crippen LogP contribution in [0.1, 0.15) is 24.7 Å². The van der Waals surface area contributed by atoms with Gasteiger partial charge in [-0.2, -0.15) is 0 Å². The van der Waals surface area contributed by atoms with Crippen LogP contribution in [0.5, 0.6) is 0 Å². The fourth-order valence-corrected chi connectivity index (χ4v) is 2.05. The molecule has 2 rings (SSSR count). The third-order valence-corrected chi connectivity index (χ3v) is 3.01. The lowest BCUT2D eigenvalue weighted by Crippen LogP contribution is -2.39. The van der Waals surface area contributed by atoms with Crippen LogP contribution in [0.25, 0.3) is 10.4 Å². The molecule has 0 spiro atoms. The highest BCUT2D eigenvalue weighted by Gasteiger charge is 2.26. The first-order valence-corrected chi connectivity index (χ1v) is 5.79. The summed E-state index contributed by atoms with van der Waals surface area (Å²) in [6, 6.07) is 0. The zero-order valence-electron chi connectivity index (χ0n) is 10.1. The average Bonchev–Trinajstić information content (AvgIpc) is 2.83. The van der Waals surface area contributed by atoms with Crippen LogP contribution in [0.3, 0.4) is 0 Å². The van der Waals surface area contributed by atoms with E-state index in [4.69, 9.17) is 10.1 Å². The van der Waals surface area contributed by atoms with Crippen LogP contribution < -0.4 is 5.72 Å². The van der Waals surface area contributed by atoms with Crippen molar-refractivity contribution in [3.63, 3.8) is 0 Å². The Morgan fingerprint density at radius 1 is 1.61 bits per heavy atom. The van der Waals surface area contributed by atoms with Gasteiger partial charge in [0, 0.05) is 23.9 Å². The van der Waals surface area contributed by atoms with Gasteiger partial charge < -0.3 is 9.42 Å². The Bertz CT molecular complexity index is 475. The molecule has 0 atom stereocenters. The maximum absolute atomic E-state index is 11.6. The summed E-state index contributed by atoms with van der Waals surface area (Å²) in [6.07, 6.45) is 1.59. The number of carbonyl (C=O) groups excluding carboxylic acids is 1. The first kappa shape index (κ1) is 12.4. The molecule has 0 aromatic carbocycles. The minimum atomic E-state index is -0.132. The molecule has 8 nitrogen and oxygen atoms in total. The Balaban J connectivity index is 1.88. The van der Waals surface area contributed by atoms with Crippen molar-refractivity contribution < 1.29 is 9.32 Å². The smallest absolute Gasteiger partial charge is 0.228 e. The molecule has 1 saturated heterocycles. The van der Waals surface area contributed by atoms with Gasteiger partial charge in [-0.15, -0.1) is 0 Å². The number of likely N-dealkylation sites (tertiary alicyclic amines) is 1. The van der Waals surface area contributed by atoms with Gasteiger partial charge in [0.1, 0.15) is 12.3 Å². The van der Waals surface area contributed by atoms with E-state index in [0.29, 0.717) is 24.7 Å². The maximum Gasteiger partial charge on any atom is 0.228 e. The van der Waals surface area contributed by atoms with E-state index in [-0.39, 0.29) is 18.4 Å². The van der Waals surface area contributed by atoms with Crippen molar-refractivity contribution in [2.24, 2.45) is 5.11 Å². The number of carbonyl (C=O) groups is 1. The SMILES string of the molecule is Bc1noc(C2CCN(C(=O)CN=[N+]=[N-])CC2)n1. The van der Waals surface area contributed by atoms with Crippen LogP contribution in [0.2, 0.25) is 0 Å². The number of hydrogen-bond acceptors (Lipinski definition) is 5. The number of azide groups is 1. The largest absolute Gasteiger partial charge is 0.343 e. The summed E-state index contributed by atoms with van der Waals surface area (Å²) in [5.41, 5.74) is 8.80. The predicted octanol–water partition coefficient (Wildman–Crippen LogP) is -0.656. The minimum Gasteiger partial charge on any atom is -0.343 e. The van der Waals surface area contributed by atoms with Gasteiger partial charge >= 0.3 is 0 Å². The minimum absolute atomic E-state index is 0.110. The van der Waals surface area contributed by atoms with Gasteiger partial charge in [0.05, 0.1) is 0 Å². The fraction of sp³-hybridized carbons (Fsp3) is 0.667. The Labute approximate surface area is 104 Å². The predicted molar refractivity (Wildman–Crippen MR) is 65.0 cm³/mol. The van der Waals surface area contributed by atoms with Crippen LogP contribution in [-0.2, 0) is 4.79 Å². The van der Waals surface area contributed by atoms with E-state index in [1.54, 1.807) is 12.7 Å². The lowest BCUT2D eigenvalue weighted by Gasteiger charge is -2.30. The van der Waals surface area contributed by atoms with E-state index < -0.39 is 0 Å². The molecule has 0 N–H and O–H groups in total. The summed E-state index contributed by atoms with van der Waals surface area (Å²) in [6.45, 7) is 1.15. The van der Waals surface area contributed by atoms with Crippen LogP contribution in [-0.4, -0.2) is 48.4 Å². The summed E-state index contributed by atoms with van der Waals surface area (Å²) in [5, 5.41) is 7.04. The molecule has 1 aromatic heterocycles. The fourth-order valence-electron chi connectivity index (χ4n) is 2.05. The molecule has 0 radical (unpaired) electrons. The van der Waals surface area contributed by atoms with Crippen molar-refractivity contribution >= 4 is 19.5 Å². The number of amides is 1. The van der Waals surface area contributed by atoms with Gasteiger partial charge in [0.2, 0.25) is 11.8 Å². The van der Waals surface area contributed by atoms with Gasteiger partial charge in [-0.3, -0.25) is 4.79 Å². The molecule has 0 saturated carbocycles. The second kappa shape index (κ2) is 5.55. The topological polar surface area (TPSA) is 108 Å². The molecule has 1 amide bonds. The third-order valence-electron chi connectivity index (χ3n) is 3.01. The monoisotopic (exact) mass is 248 g/mol. The summed E-state index contributed by atoms with van der Waals surface area (Å²) < 4.78 is 5.13. The number of piperidine rings is 1. The standard InChI is InChI=1S/C9H13BN6O2/c10-9-13-8(18-14-9)6-1-3-16(4-2-6)7(17)5-12-15-11/h6H,1-5,10H2. The summed E-state index contributed by atoms with van der Waals surface area (Å²) >= 11 is 0. The maximum atomic E-state index is 11.6. The summed E-state index contributed by atoms with van der Waals surface area (Å²) in [4.78, 5) is 20.1. The molecular formula is C9H13BN6O2. The quantitative estimate of drug-likeness (QED) is 0.306. The zero-order valence-corrected chi connectivity index (χ0v) is 10.1. The van der Waals surface area contributed by atoms with Crippen molar-refractivity contribution in [3.8, 4) is 0 Å². The van der Waals surface area contributed by atoms with E-state index in [2.05, 4.69) is 20.2 Å². The van der Waals surface area contributed by atoms with E-state index in [1.165, 1.54) is 0 Å². The van der Waals surface area contributed by atoms with Gasteiger partial charge in [-0.25, -0.2) is 4.98 Å². The van der Waals surface area contributed by atoms with E-state index >= 15 is 0 Å². The van der Waals surface area contributed by atoms with Crippen molar-refractivity contribution in [2.45, 2.75) is 18.8 Å².